The number of hydrogen-bond acceptors (Lipinski definition) is 2. The molecule has 1 rings (SSSR count). The van der Waals surface area contributed by atoms with Crippen molar-refractivity contribution in [2.24, 2.45) is 17.6 Å². The first-order chi connectivity index (χ1) is 8.84. The predicted octanol–water partition coefficient (Wildman–Crippen LogP) is 2.60. The minimum Gasteiger partial charge on any atom is -0.354 e. The maximum atomic E-state index is 12.6. The number of halogens is 3. The molecule has 1 fully saturated rings. The Morgan fingerprint density at radius 3 is 2.68 bits per heavy atom. The van der Waals surface area contributed by atoms with E-state index in [0.29, 0.717) is 19.4 Å². The van der Waals surface area contributed by atoms with Crippen molar-refractivity contribution in [3.05, 3.63) is 0 Å². The van der Waals surface area contributed by atoms with Gasteiger partial charge in [-0.25, -0.2) is 0 Å². The molecular formula is C13H23F3N2O. The molecule has 1 aliphatic carbocycles. The third-order valence-electron chi connectivity index (χ3n) is 3.71. The molecule has 0 radical (unpaired) electrons. The van der Waals surface area contributed by atoms with Crippen LogP contribution in [0, 0.1) is 11.8 Å². The summed E-state index contributed by atoms with van der Waals surface area (Å²) in [6.07, 6.45) is -1.39. The van der Waals surface area contributed by atoms with Crippen molar-refractivity contribution < 1.29 is 18.0 Å². The van der Waals surface area contributed by atoms with Crippen LogP contribution in [0.15, 0.2) is 0 Å². The molecular weight excluding hydrogens is 257 g/mol. The number of rotatable bonds is 5. The lowest BCUT2D eigenvalue weighted by Crippen LogP contribution is -2.42. The average Bonchev–Trinajstić information content (AvgIpc) is 2.35. The van der Waals surface area contributed by atoms with Crippen LogP contribution in [-0.2, 0) is 4.79 Å². The Bertz CT molecular complexity index is 294. The van der Waals surface area contributed by atoms with E-state index >= 15 is 0 Å². The van der Waals surface area contributed by atoms with E-state index in [1.54, 1.807) is 0 Å². The molecule has 1 aliphatic rings. The van der Waals surface area contributed by atoms with E-state index in [-0.39, 0.29) is 24.8 Å². The number of amides is 1. The molecule has 0 aliphatic heterocycles. The molecule has 112 valence electrons. The first-order valence-electron chi connectivity index (χ1n) is 6.94. The zero-order valence-corrected chi connectivity index (χ0v) is 11.3. The molecule has 6 heteroatoms. The second-order valence-corrected chi connectivity index (χ2v) is 5.40. The fourth-order valence-electron chi connectivity index (χ4n) is 2.57. The predicted molar refractivity (Wildman–Crippen MR) is 67.4 cm³/mol. The normalized spacial score (nSPS) is 25.9. The Kier molecular flexibility index (Phi) is 6.10. The van der Waals surface area contributed by atoms with Crippen molar-refractivity contribution in [1.29, 1.82) is 0 Å². The standard InChI is InChI=1S/C13H23F3N2O/c1-2-4-11(17)8-18-12(19)9-5-3-6-10(7-9)13(14,15)16/h9-11H,2-8,17H2,1H3,(H,18,19). The average molecular weight is 280 g/mol. The van der Waals surface area contributed by atoms with Crippen LogP contribution in [0.25, 0.3) is 0 Å². The van der Waals surface area contributed by atoms with Gasteiger partial charge in [-0.05, 0) is 25.7 Å². The van der Waals surface area contributed by atoms with Crippen molar-refractivity contribution in [2.75, 3.05) is 6.54 Å². The quantitative estimate of drug-likeness (QED) is 0.813. The number of hydrogen-bond donors (Lipinski definition) is 2. The van der Waals surface area contributed by atoms with Gasteiger partial charge in [0.1, 0.15) is 0 Å². The number of carbonyl (C=O) groups excluding carboxylic acids is 1. The SMILES string of the molecule is CCCC(N)CNC(=O)C1CCCC(C(F)(F)F)C1. The van der Waals surface area contributed by atoms with Crippen LogP contribution in [0.4, 0.5) is 13.2 Å². The van der Waals surface area contributed by atoms with Crippen LogP contribution in [-0.4, -0.2) is 24.7 Å². The van der Waals surface area contributed by atoms with Crippen molar-refractivity contribution in [2.45, 2.75) is 57.7 Å². The van der Waals surface area contributed by atoms with E-state index in [4.69, 9.17) is 5.73 Å². The fraction of sp³-hybridized carbons (Fsp3) is 0.923. The Hall–Kier alpha value is -0.780. The lowest BCUT2D eigenvalue weighted by molar-refractivity contribution is -0.186. The third-order valence-corrected chi connectivity index (χ3v) is 3.71. The van der Waals surface area contributed by atoms with Crippen LogP contribution in [0.2, 0.25) is 0 Å². The summed E-state index contributed by atoms with van der Waals surface area (Å²) in [5, 5.41) is 2.68. The highest BCUT2D eigenvalue weighted by Crippen LogP contribution is 2.39. The Morgan fingerprint density at radius 2 is 2.11 bits per heavy atom. The van der Waals surface area contributed by atoms with Gasteiger partial charge in [0.05, 0.1) is 5.92 Å². The zero-order valence-electron chi connectivity index (χ0n) is 11.3. The van der Waals surface area contributed by atoms with Gasteiger partial charge in [0.15, 0.2) is 0 Å². The zero-order chi connectivity index (χ0) is 14.5. The Morgan fingerprint density at radius 1 is 1.42 bits per heavy atom. The van der Waals surface area contributed by atoms with Crippen LogP contribution in [0.5, 0.6) is 0 Å². The van der Waals surface area contributed by atoms with Crippen LogP contribution >= 0.6 is 0 Å². The summed E-state index contributed by atoms with van der Waals surface area (Å²) in [6, 6.07) is -0.115. The van der Waals surface area contributed by atoms with Gasteiger partial charge < -0.3 is 11.1 Å². The van der Waals surface area contributed by atoms with E-state index in [1.807, 2.05) is 6.92 Å². The molecule has 3 unspecified atom stereocenters. The van der Waals surface area contributed by atoms with Crippen LogP contribution in [0.1, 0.15) is 45.4 Å². The molecule has 3 nitrogen and oxygen atoms in total. The molecule has 0 aromatic carbocycles. The smallest absolute Gasteiger partial charge is 0.354 e. The first kappa shape index (κ1) is 16.3. The summed E-state index contributed by atoms with van der Waals surface area (Å²) < 4.78 is 37.9. The molecule has 1 saturated carbocycles. The van der Waals surface area contributed by atoms with Crippen molar-refractivity contribution in [1.82, 2.24) is 5.32 Å². The summed E-state index contributed by atoms with van der Waals surface area (Å²) in [7, 11) is 0. The van der Waals surface area contributed by atoms with E-state index < -0.39 is 18.0 Å². The van der Waals surface area contributed by atoms with Gasteiger partial charge in [-0.2, -0.15) is 13.2 Å². The van der Waals surface area contributed by atoms with Gasteiger partial charge in [0.25, 0.3) is 0 Å². The molecule has 3 atom stereocenters. The second-order valence-electron chi connectivity index (χ2n) is 5.40. The topological polar surface area (TPSA) is 55.1 Å². The number of alkyl halides is 3. The van der Waals surface area contributed by atoms with Crippen LogP contribution in [0.3, 0.4) is 0 Å². The maximum absolute atomic E-state index is 12.6. The van der Waals surface area contributed by atoms with Gasteiger partial charge in [-0.3, -0.25) is 4.79 Å². The molecule has 0 saturated heterocycles. The van der Waals surface area contributed by atoms with Gasteiger partial charge in [0.2, 0.25) is 5.91 Å². The van der Waals surface area contributed by atoms with Gasteiger partial charge in [-0.1, -0.05) is 19.8 Å². The van der Waals surface area contributed by atoms with Gasteiger partial charge >= 0.3 is 6.18 Å². The highest BCUT2D eigenvalue weighted by Gasteiger charge is 2.43. The second kappa shape index (κ2) is 7.12. The molecule has 3 N–H and O–H groups in total. The number of nitrogens with one attached hydrogen (secondary N) is 1. The summed E-state index contributed by atoms with van der Waals surface area (Å²) in [5.74, 6) is -2.13. The lowest BCUT2D eigenvalue weighted by atomic mass is 9.80. The fourth-order valence-corrected chi connectivity index (χ4v) is 2.57. The van der Waals surface area contributed by atoms with Gasteiger partial charge in [0, 0.05) is 18.5 Å². The molecule has 0 aromatic rings. The third kappa shape index (κ3) is 5.38. The first-order valence-corrected chi connectivity index (χ1v) is 6.94. The summed E-state index contributed by atoms with van der Waals surface area (Å²) >= 11 is 0. The molecule has 0 aromatic heterocycles. The Labute approximate surface area is 112 Å². The van der Waals surface area contributed by atoms with E-state index in [9.17, 15) is 18.0 Å². The Balaban J connectivity index is 2.40. The number of carbonyl (C=O) groups is 1. The molecule has 0 spiro atoms. The maximum Gasteiger partial charge on any atom is 0.391 e. The van der Waals surface area contributed by atoms with Crippen LogP contribution < -0.4 is 11.1 Å². The van der Waals surface area contributed by atoms with E-state index in [1.165, 1.54) is 0 Å². The highest BCUT2D eigenvalue weighted by atomic mass is 19.4. The summed E-state index contributed by atoms with van der Waals surface area (Å²) in [4.78, 5) is 11.8. The number of nitrogens with two attached hydrogens (primary N) is 1. The van der Waals surface area contributed by atoms with Crippen molar-refractivity contribution >= 4 is 5.91 Å². The molecule has 1 amide bonds. The van der Waals surface area contributed by atoms with E-state index in [0.717, 1.165) is 12.8 Å². The molecule has 0 bridgehead atoms. The minimum absolute atomic E-state index is 0.0850. The largest absolute Gasteiger partial charge is 0.391 e. The lowest BCUT2D eigenvalue weighted by Gasteiger charge is -2.30. The summed E-state index contributed by atoms with van der Waals surface area (Å²) in [5.41, 5.74) is 5.76. The van der Waals surface area contributed by atoms with E-state index in [2.05, 4.69) is 5.32 Å². The van der Waals surface area contributed by atoms with Crippen molar-refractivity contribution in [3.8, 4) is 0 Å². The molecule has 0 heterocycles. The minimum atomic E-state index is -4.18. The highest BCUT2D eigenvalue weighted by molar-refractivity contribution is 5.78. The van der Waals surface area contributed by atoms with Crippen molar-refractivity contribution in [3.63, 3.8) is 0 Å². The summed E-state index contributed by atoms with van der Waals surface area (Å²) in [6.45, 7) is 2.34. The molecule has 19 heavy (non-hydrogen) atoms. The monoisotopic (exact) mass is 280 g/mol. The van der Waals surface area contributed by atoms with Gasteiger partial charge in [-0.15, -0.1) is 0 Å².